The molecule has 3 aliphatic rings. The maximum absolute atomic E-state index is 13.8. The highest BCUT2D eigenvalue weighted by Gasteiger charge is 2.51. The number of aliphatic hydroxyl groups is 2. The van der Waals surface area contributed by atoms with Crippen LogP contribution in [0.25, 0.3) is 0 Å². The fourth-order valence-electron chi connectivity index (χ4n) is 5.32. The maximum atomic E-state index is 13.8. The van der Waals surface area contributed by atoms with Gasteiger partial charge >= 0.3 is 0 Å². The van der Waals surface area contributed by atoms with E-state index in [1.54, 1.807) is 35.2 Å². The molecule has 0 radical (unpaired) electrons. The molecular formula is C27H28Cl2N2O6. The molecule has 37 heavy (non-hydrogen) atoms. The molecule has 1 aliphatic carbocycles. The van der Waals surface area contributed by atoms with Crippen molar-refractivity contribution >= 4 is 35.0 Å². The standard InChI is InChI=1S/C27H28Cl2N2O6/c28-17-6-5-15(20(29)11-17)13-31(27(35)16-7-10-36-14-16)21-12-19(26(34)30-8-9-32)23-18-3-1-2-4-22(18)37-25(23)24(21)33/h1-6,11-12,16,21,23-25,32-33H,7-10,13-14H2,(H,30,34)/t16?,21-,23+,24+,25+/m1/s1. The number of carbonyl (C=O) groups is 2. The van der Waals surface area contributed by atoms with Crippen LogP contribution in [0.1, 0.15) is 23.5 Å². The Morgan fingerprint density at radius 1 is 1.16 bits per heavy atom. The fourth-order valence-corrected chi connectivity index (χ4v) is 5.79. The first kappa shape index (κ1) is 26.0. The van der Waals surface area contributed by atoms with Crippen LogP contribution in [-0.4, -0.2) is 71.5 Å². The number of nitrogens with one attached hydrogen (secondary N) is 1. The number of ether oxygens (including phenoxy) is 2. The van der Waals surface area contributed by atoms with Gasteiger partial charge in [0.15, 0.2) is 0 Å². The smallest absolute Gasteiger partial charge is 0.247 e. The van der Waals surface area contributed by atoms with Gasteiger partial charge in [0.1, 0.15) is 18.0 Å². The Morgan fingerprint density at radius 2 is 1.97 bits per heavy atom. The number of halogens is 2. The first-order valence-electron chi connectivity index (χ1n) is 12.3. The van der Waals surface area contributed by atoms with Crippen molar-refractivity contribution in [3.63, 3.8) is 0 Å². The van der Waals surface area contributed by atoms with Crippen LogP contribution >= 0.6 is 23.2 Å². The molecule has 8 nitrogen and oxygen atoms in total. The second-order valence-corrected chi connectivity index (χ2v) is 10.3. The van der Waals surface area contributed by atoms with Crippen molar-refractivity contribution in [1.82, 2.24) is 10.2 Å². The summed E-state index contributed by atoms with van der Waals surface area (Å²) in [6.07, 6.45) is 0.317. The molecule has 2 aromatic carbocycles. The molecule has 0 spiro atoms. The van der Waals surface area contributed by atoms with E-state index in [2.05, 4.69) is 5.32 Å². The zero-order valence-electron chi connectivity index (χ0n) is 20.0. The number of fused-ring (bicyclic) bond motifs is 3. The average molecular weight is 547 g/mol. The third kappa shape index (κ3) is 5.09. The van der Waals surface area contributed by atoms with E-state index in [0.29, 0.717) is 40.0 Å². The fraction of sp³-hybridized carbons (Fsp3) is 0.407. The Balaban J connectivity index is 1.57. The first-order chi connectivity index (χ1) is 17.9. The summed E-state index contributed by atoms with van der Waals surface area (Å²) in [6.45, 7) is 0.722. The van der Waals surface area contributed by atoms with Crippen LogP contribution in [0.4, 0.5) is 0 Å². The van der Waals surface area contributed by atoms with Crippen molar-refractivity contribution in [1.29, 1.82) is 0 Å². The second kappa shape index (κ2) is 11.0. The third-order valence-corrected chi connectivity index (χ3v) is 7.74. The van der Waals surface area contributed by atoms with E-state index in [0.717, 1.165) is 5.56 Å². The molecule has 1 saturated heterocycles. The predicted octanol–water partition coefficient (Wildman–Crippen LogP) is 2.68. The van der Waals surface area contributed by atoms with Gasteiger partial charge in [-0.2, -0.15) is 0 Å². The molecule has 2 aromatic rings. The Labute approximate surface area is 224 Å². The number of aliphatic hydroxyl groups excluding tert-OH is 2. The van der Waals surface area contributed by atoms with Gasteiger partial charge in [-0.25, -0.2) is 0 Å². The van der Waals surface area contributed by atoms with E-state index >= 15 is 0 Å². The number of benzene rings is 2. The van der Waals surface area contributed by atoms with Gasteiger partial charge in [-0.1, -0.05) is 47.5 Å². The molecule has 5 atom stereocenters. The summed E-state index contributed by atoms with van der Waals surface area (Å²) in [5, 5.41) is 24.5. The largest absolute Gasteiger partial charge is 0.486 e. The molecule has 196 valence electrons. The number of amides is 2. The number of hydrogen-bond donors (Lipinski definition) is 3. The van der Waals surface area contributed by atoms with Crippen LogP contribution in [-0.2, 0) is 20.9 Å². The van der Waals surface area contributed by atoms with Crippen LogP contribution in [0, 0.1) is 5.92 Å². The monoisotopic (exact) mass is 546 g/mol. The lowest BCUT2D eigenvalue weighted by Crippen LogP contribution is -2.56. The lowest BCUT2D eigenvalue weighted by atomic mass is 9.77. The number of nitrogens with zero attached hydrogens (tertiary/aromatic N) is 1. The molecular weight excluding hydrogens is 519 g/mol. The molecule has 1 fully saturated rings. The maximum Gasteiger partial charge on any atom is 0.247 e. The highest BCUT2D eigenvalue weighted by Crippen LogP contribution is 2.47. The van der Waals surface area contributed by atoms with Gasteiger partial charge in [0, 0.05) is 40.9 Å². The summed E-state index contributed by atoms with van der Waals surface area (Å²) in [6, 6.07) is 11.5. The minimum absolute atomic E-state index is 0.0751. The zero-order chi connectivity index (χ0) is 26.1. The summed E-state index contributed by atoms with van der Waals surface area (Å²) < 4.78 is 11.6. The number of rotatable bonds is 7. The molecule has 0 aromatic heterocycles. The van der Waals surface area contributed by atoms with Crippen molar-refractivity contribution < 1.29 is 29.3 Å². The van der Waals surface area contributed by atoms with Gasteiger partial charge in [0.2, 0.25) is 11.8 Å². The molecule has 10 heteroatoms. The Bertz CT molecular complexity index is 1220. The van der Waals surface area contributed by atoms with Gasteiger partial charge < -0.3 is 29.9 Å². The van der Waals surface area contributed by atoms with E-state index in [9.17, 15) is 19.8 Å². The van der Waals surface area contributed by atoms with E-state index < -0.39 is 24.2 Å². The number of para-hydroxylation sites is 1. The van der Waals surface area contributed by atoms with E-state index in [1.807, 2.05) is 18.2 Å². The molecule has 2 aliphatic heterocycles. The zero-order valence-corrected chi connectivity index (χ0v) is 21.5. The van der Waals surface area contributed by atoms with E-state index in [4.69, 9.17) is 32.7 Å². The highest BCUT2D eigenvalue weighted by molar-refractivity contribution is 6.35. The van der Waals surface area contributed by atoms with Gasteiger partial charge in [-0.15, -0.1) is 0 Å². The van der Waals surface area contributed by atoms with Crippen LogP contribution in [0.15, 0.2) is 54.1 Å². The van der Waals surface area contributed by atoms with Crippen LogP contribution in [0.3, 0.4) is 0 Å². The topological polar surface area (TPSA) is 108 Å². The Kier molecular flexibility index (Phi) is 7.74. The minimum Gasteiger partial charge on any atom is -0.486 e. The summed E-state index contributed by atoms with van der Waals surface area (Å²) in [4.78, 5) is 28.6. The third-order valence-electron chi connectivity index (χ3n) is 7.15. The highest BCUT2D eigenvalue weighted by atomic mass is 35.5. The average Bonchev–Trinajstić information content (AvgIpc) is 3.56. The summed E-state index contributed by atoms with van der Waals surface area (Å²) in [5.41, 5.74) is 1.82. The quantitative estimate of drug-likeness (QED) is 0.492. The SMILES string of the molecule is O=C(NCCO)C1=C[C@@H](N(Cc2ccc(Cl)cc2Cl)C(=O)C2CCOC2)[C@H](O)[C@H]2Oc3ccccc3[C@@H]12. The van der Waals surface area contributed by atoms with Gasteiger partial charge in [0.05, 0.1) is 31.1 Å². The summed E-state index contributed by atoms with van der Waals surface area (Å²) in [7, 11) is 0. The van der Waals surface area contributed by atoms with Crippen LogP contribution < -0.4 is 10.1 Å². The first-order valence-corrected chi connectivity index (χ1v) is 13.0. The molecule has 0 saturated carbocycles. The lowest BCUT2D eigenvalue weighted by molar-refractivity contribution is -0.142. The minimum atomic E-state index is -1.12. The predicted molar refractivity (Wildman–Crippen MR) is 138 cm³/mol. The van der Waals surface area contributed by atoms with E-state index in [-0.39, 0.29) is 44.0 Å². The molecule has 5 rings (SSSR count). The number of carbonyl (C=O) groups excluding carboxylic acids is 2. The van der Waals surface area contributed by atoms with Crippen LogP contribution in [0.5, 0.6) is 5.75 Å². The summed E-state index contributed by atoms with van der Waals surface area (Å²) in [5.74, 6) is -0.902. The van der Waals surface area contributed by atoms with Gasteiger partial charge in [0.25, 0.3) is 0 Å². The van der Waals surface area contributed by atoms with E-state index in [1.165, 1.54) is 0 Å². The van der Waals surface area contributed by atoms with Crippen molar-refractivity contribution in [2.75, 3.05) is 26.4 Å². The molecule has 1 unspecified atom stereocenters. The van der Waals surface area contributed by atoms with Crippen LogP contribution in [0.2, 0.25) is 10.0 Å². The van der Waals surface area contributed by atoms with Gasteiger partial charge in [-0.05, 0) is 36.3 Å². The molecule has 3 N–H and O–H groups in total. The molecule has 2 heterocycles. The normalized spacial score (nSPS) is 26.1. The van der Waals surface area contributed by atoms with Crippen molar-refractivity contribution in [3.8, 4) is 5.75 Å². The second-order valence-electron chi connectivity index (χ2n) is 9.44. The van der Waals surface area contributed by atoms with Crippen molar-refractivity contribution in [2.45, 2.75) is 37.1 Å². The molecule has 0 bridgehead atoms. The lowest BCUT2D eigenvalue weighted by Gasteiger charge is -2.41. The molecule has 2 amide bonds. The van der Waals surface area contributed by atoms with Crippen molar-refractivity contribution in [2.24, 2.45) is 5.92 Å². The Hall–Kier alpha value is -2.62. The Morgan fingerprint density at radius 3 is 2.70 bits per heavy atom. The van der Waals surface area contributed by atoms with Crippen molar-refractivity contribution in [3.05, 3.63) is 75.3 Å². The number of hydrogen-bond acceptors (Lipinski definition) is 6. The summed E-state index contributed by atoms with van der Waals surface area (Å²) >= 11 is 12.5. The van der Waals surface area contributed by atoms with Gasteiger partial charge in [-0.3, -0.25) is 9.59 Å².